The molecule has 0 saturated carbocycles. The lowest BCUT2D eigenvalue weighted by atomic mass is 10.2. The van der Waals surface area contributed by atoms with E-state index < -0.39 is 5.91 Å². The van der Waals surface area contributed by atoms with E-state index in [0.717, 1.165) is 27.8 Å². The minimum atomic E-state index is -0.453. The van der Waals surface area contributed by atoms with Crippen LogP contribution in [0.4, 0.5) is 5.69 Å². The highest BCUT2D eigenvalue weighted by Crippen LogP contribution is 2.33. The fourth-order valence-corrected chi connectivity index (χ4v) is 4.65. The van der Waals surface area contributed by atoms with Crippen molar-refractivity contribution in [3.05, 3.63) is 57.8 Å². The Hall–Kier alpha value is -2.79. The SMILES string of the molecule is CCc1nnc2sc(-c3cccc(NC(=S)NC(=O)c4cc(Cl)c(OC)c(Cl)c4)c3)nn12. The van der Waals surface area contributed by atoms with E-state index >= 15 is 0 Å². The molecule has 1 amide bonds. The fraction of sp³-hybridized carbons (Fsp3) is 0.150. The average Bonchev–Trinajstić information content (AvgIpc) is 3.34. The number of nitrogens with one attached hydrogen (secondary N) is 2. The lowest BCUT2D eigenvalue weighted by Gasteiger charge is -2.12. The summed E-state index contributed by atoms with van der Waals surface area (Å²) in [6.45, 7) is 2.00. The quantitative estimate of drug-likeness (QED) is 0.373. The molecule has 2 aromatic heterocycles. The van der Waals surface area contributed by atoms with E-state index in [1.54, 1.807) is 4.52 Å². The Morgan fingerprint density at radius 3 is 2.66 bits per heavy atom. The third-order valence-corrected chi connectivity index (χ3v) is 6.14. The van der Waals surface area contributed by atoms with Gasteiger partial charge in [0.05, 0.1) is 17.2 Å². The van der Waals surface area contributed by atoms with Crippen molar-refractivity contribution in [2.24, 2.45) is 0 Å². The van der Waals surface area contributed by atoms with Gasteiger partial charge in [-0.15, -0.1) is 10.2 Å². The third kappa shape index (κ3) is 4.53. The number of hydrogen-bond donors (Lipinski definition) is 2. The molecule has 8 nitrogen and oxygen atoms in total. The Morgan fingerprint density at radius 2 is 1.97 bits per heavy atom. The van der Waals surface area contributed by atoms with E-state index in [9.17, 15) is 4.79 Å². The van der Waals surface area contributed by atoms with Crippen LogP contribution in [0.25, 0.3) is 15.5 Å². The standard InChI is InChI=1S/C20H16Cl2N6O2S2/c1-3-15-25-26-20-28(15)27-18(32-20)10-5-4-6-12(7-10)23-19(31)24-17(29)11-8-13(21)16(30-2)14(22)9-11/h4-9H,3H2,1-2H3,(H2,23,24,29,31). The van der Waals surface area contributed by atoms with E-state index in [-0.39, 0.29) is 20.7 Å². The summed E-state index contributed by atoms with van der Waals surface area (Å²) >= 11 is 18.9. The van der Waals surface area contributed by atoms with Crippen LogP contribution in [0.5, 0.6) is 5.75 Å². The summed E-state index contributed by atoms with van der Waals surface area (Å²) in [4.78, 5) is 13.3. The van der Waals surface area contributed by atoms with Gasteiger partial charge in [0.15, 0.2) is 16.7 Å². The monoisotopic (exact) mass is 506 g/mol. The van der Waals surface area contributed by atoms with Crippen molar-refractivity contribution in [2.75, 3.05) is 12.4 Å². The number of benzene rings is 2. The molecule has 164 valence electrons. The van der Waals surface area contributed by atoms with Gasteiger partial charge in [-0.2, -0.15) is 9.61 Å². The van der Waals surface area contributed by atoms with Gasteiger partial charge in [-0.1, -0.05) is 53.6 Å². The first-order valence-electron chi connectivity index (χ1n) is 9.36. The fourth-order valence-electron chi connectivity index (χ4n) is 2.95. The van der Waals surface area contributed by atoms with Gasteiger partial charge >= 0.3 is 0 Å². The van der Waals surface area contributed by atoms with Gasteiger partial charge in [-0.05, 0) is 36.5 Å². The van der Waals surface area contributed by atoms with Crippen LogP contribution < -0.4 is 15.4 Å². The van der Waals surface area contributed by atoms with Crippen LogP contribution in [-0.2, 0) is 6.42 Å². The number of aryl methyl sites for hydroxylation is 1. The second-order valence-corrected chi connectivity index (χ2v) is 8.71. The maximum Gasteiger partial charge on any atom is 0.257 e. The van der Waals surface area contributed by atoms with Crippen LogP contribution in [0.1, 0.15) is 23.1 Å². The molecule has 0 aliphatic heterocycles. The molecule has 0 fully saturated rings. The Kier molecular flexibility index (Phi) is 6.56. The molecule has 4 rings (SSSR count). The van der Waals surface area contributed by atoms with Gasteiger partial charge in [0.2, 0.25) is 4.96 Å². The number of rotatable bonds is 5. The van der Waals surface area contributed by atoms with Crippen molar-refractivity contribution in [3.63, 3.8) is 0 Å². The Balaban J connectivity index is 1.48. The number of halogens is 2. The molecular weight excluding hydrogens is 491 g/mol. The summed E-state index contributed by atoms with van der Waals surface area (Å²) in [6.07, 6.45) is 0.741. The van der Waals surface area contributed by atoms with E-state index in [2.05, 4.69) is 25.9 Å². The number of anilines is 1. The van der Waals surface area contributed by atoms with Crippen LogP contribution in [-0.4, -0.2) is 37.9 Å². The third-order valence-electron chi connectivity index (χ3n) is 4.43. The van der Waals surface area contributed by atoms with Crippen molar-refractivity contribution in [2.45, 2.75) is 13.3 Å². The van der Waals surface area contributed by atoms with Crippen LogP contribution in [0.2, 0.25) is 10.0 Å². The number of thiocarbonyl (C=S) groups is 1. The molecular formula is C20H16Cl2N6O2S2. The van der Waals surface area contributed by atoms with E-state index in [1.807, 2.05) is 31.2 Å². The summed E-state index contributed by atoms with van der Waals surface area (Å²) in [5.41, 5.74) is 1.83. The number of nitrogens with zero attached hydrogens (tertiary/aromatic N) is 4. The molecule has 0 atom stereocenters. The molecule has 0 bridgehead atoms. The second-order valence-electron chi connectivity index (χ2n) is 6.53. The molecule has 2 N–H and O–H groups in total. The lowest BCUT2D eigenvalue weighted by Crippen LogP contribution is -2.34. The number of aromatic nitrogens is 4. The minimum absolute atomic E-state index is 0.127. The van der Waals surface area contributed by atoms with E-state index in [1.165, 1.54) is 30.6 Å². The van der Waals surface area contributed by atoms with Crippen molar-refractivity contribution < 1.29 is 9.53 Å². The zero-order valence-electron chi connectivity index (χ0n) is 16.8. The highest BCUT2D eigenvalue weighted by molar-refractivity contribution is 7.80. The van der Waals surface area contributed by atoms with Gasteiger partial charge in [-0.25, -0.2) is 0 Å². The molecule has 4 aromatic rings. The first-order valence-corrected chi connectivity index (χ1v) is 11.3. The average molecular weight is 507 g/mol. The maximum atomic E-state index is 12.5. The predicted molar refractivity (Wildman–Crippen MR) is 130 cm³/mol. The highest BCUT2D eigenvalue weighted by atomic mass is 35.5. The largest absolute Gasteiger partial charge is 0.494 e. The highest BCUT2D eigenvalue weighted by Gasteiger charge is 2.15. The summed E-state index contributed by atoms with van der Waals surface area (Å²) < 4.78 is 6.84. The Bertz CT molecular complexity index is 1310. The summed E-state index contributed by atoms with van der Waals surface area (Å²) in [5, 5.41) is 19.9. The zero-order chi connectivity index (χ0) is 22.8. The summed E-state index contributed by atoms with van der Waals surface area (Å²) in [7, 11) is 1.45. The van der Waals surface area contributed by atoms with Crippen LogP contribution in [0.3, 0.4) is 0 Å². The van der Waals surface area contributed by atoms with Crippen molar-refractivity contribution in [1.29, 1.82) is 0 Å². The second kappa shape index (κ2) is 9.37. The lowest BCUT2D eigenvalue weighted by molar-refractivity contribution is 0.0977. The number of carbonyl (C=O) groups excluding carboxylic acids is 1. The Labute approximate surface area is 202 Å². The van der Waals surface area contributed by atoms with Crippen molar-refractivity contribution in [1.82, 2.24) is 25.1 Å². The predicted octanol–water partition coefficient (Wildman–Crippen LogP) is 4.86. The summed E-state index contributed by atoms with van der Waals surface area (Å²) in [5.74, 6) is 0.657. The molecule has 0 radical (unpaired) electrons. The maximum absolute atomic E-state index is 12.5. The van der Waals surface area contributed by atoms with E-state index in [4.69, 9.17) is 40.2 Å². The molecule has 0 aliphatic rings. The first kappa shape index (κ1) is 22.4. The number of carbonyl (C=O) groups is 1. The number of methoxy groups -OCH3 is 1. The molecule has 12 heteroatoms. The van der Waals surface area contributed by atoms with Crippen LogP contribution >= 0.6 is 46.8 Å². The van der Waals surface area contributed by atoms with Crippen molar-refractivity contribution in [3.8, 4) is 16.3 Å². The van der Waals surface area contributed by atoms with Crippen LogP contribution in [0.15, 0.2) is 36.4 Å². The minimum Gasteiger partial charge on any atom is -0.494 e. The normalized spacial score (nSPS) is 10.9. The molecule has 2 heterocycles. The van der Waals surface area contributed by atoms with Gasteiger partial charge in [0.1, 0.15) is 5.01 Å². The molecule has 0 saturated heterocycles. The van der Waals surface area contributed by atoms with Gasteiger partial charge < -0.3 is 10.1 Å². The van der Waals surface area contributed by atoms with Gasteiger partial charge in [-0.3, -0.25) is 10.1 Å². The number of hydrogen-bond acceptors (Lipinski definition) is 7. The number of amides is 1. The van der Waals surface area contributed by atoms with E-state index in [0.29, 0.717) is 11.4 Å². The Morgan fingerprint density at radius 1 is 1.22 bits per heavy atom. The number of ether oxygens (including phenoxy) is 1. The van der Waals surface area contributed by atoms with Gasteiger partial charge in [0.25, 0.3) is 5.91 Å². The topological polar surface area (TPSA) is 93.4 Å². The molecule has 0 spiro atoms. The molecule has 0 unspecified atom stereocenters. The summed E-state index contributed by atoms with van der Waals surface area (Å²) in [6, 6.07) is 10.4. The first-order chi connectivity index (χ1) is 15.4. The molecule has 2 aromatic carbocycles. The van der Waals surface area contributed by atoms with Crippen molar-refractivity contribution >= 4 is 68.4 Å². The smallest absolute Gasteiger partial charge is 0.257 e. The zero-order valence-corrected chi connectivity index (χ0v) is 20.0. The van der Waals surface area contributed by atoms with Crippen LogP contribution in [0, 0.1) is 0 Å². The molecule has 32 heavy (non-hydrogen) atoms. The molecule has 0 aliphatic carbocycles. The number of fused-ring (bicyclic) bond motifs is 1. The van der Waals surface area contributed by atoms with Gasteiger partial charge in [0, 0.05) is 23.2 Å².